The Labute approximate surface area is 155 Å². The maximum Gasteiger partial charge on any atom is 0.435 e. The number of carbonyl (C=O) groups excluding carboxylic acids is 1. The summed E-state index contributed by atoms with van der Waals surface area (Å²) < 4.78 is 53.9. The lowest BCUT2D eigenvalue weighted by Crippen LogP contribution is -2.17. The second-order valence-corrected chi connectivity index (χ2v) is 6.01. The van der Waals surface area contributed by atoms with E-state index in [0.717, 1.165) is 4.68 Å². The van der Waals surface area contributed by atoms with Crippen molar-refractivity contribution in [3.8, 4) is 0 Å². The van der Waals surface area contributed by atoms with Gasteiger partial charge in [-0.25, -0.2) is 4.39 Å². The summed E-state index contributed by atoms with van der Waals surface area (Å²) in [7, 11) is 1.21. The smallest absolute Gasteiger partial charge is 0.302 e. The number of anilines is 1. The van der Waals surface area contributed by atoms with Crippen LogP contribution in [0.1, 0.15) is 21.7 Å². The Morgan fingerprint density at radius 2 is 1.96 bits per heavy atom. The van der Waals surface area contributed by atoms with Crippen molar-refractivity contribution < 1.29 is 22.4 Å². The Morgan fingerprint density at radius 1 is 1.26 bits per heavy atom. The number of nitrogens with one attached hydrogen (secondary N) is 1. The Morgan fingerprint density at radius 3 is 2.59 bits per heavy atom. The highest BCUT2D eigenvalue weighted by atomic mass is 35.5. The van der Waals surface area contributed by atoms with Gasteiger partial charge >= 0.3 is 6.18 Å². The maximum absolute atomic E-state index is 13.7. The molecule has 0 unspecified atom stereocenters. The Bertz CT molecular complexity index is 995. The summed E-state index contributed by atoms with van der Waals surface area (Å²) in [6.45, 7) is 0.0617. The van der Waals surface area contributed by atoms with Crippen LogP contribution in [0, 0.1) is 5.82 Å². The molecule has 3 rings (SSSR count). The average molecular weight is 402 g/mol. The molecule has 142 valence electrons. The summed E-state index contributed by atoms with van der Waals surface area (Å²) in [5, 5.41) is 9.68. The Balaban J connectivity index is 1.78. The molecule has 6 nitrogen and oxygen atoms in total. The topological polar surface area (TPSA) is 64.7 Å². The number of hydrogen-bond acceptors (Lipinski definition) is 3. The predicted molar refractivity (Wildman–Crippen MR) is 88.9 cm³/mol. The number of hydrogen-bond donors (Lipinski definition) is 1. The van der Waals surface area contributed by atoms with Gasteiger partial charge in [0.1, 0.15) is 16.5 Å². The second-order valence-electron chi connectivity index (χ2n) is 5.60. The fraction of sp³-hybridized carbons (Fsp3) is 0.188. The second kappa shape index (κ2) is 7.03. The average Bonchev–Trinajstić information content (AvgIpc) is 3.13. The van der Waals surface area contributed by atoms with E-state index in [9.17, 15) is 22.4 Å². The molecule has 1 N–H and O–H groups in total. The first-order valence-corrected chi connectivity index (χ1v) is 7.92. The van der Waals surface area contributed by atoms with Crippen molar-refractivity contribution in [2.75, 3.05) is 5.32 Å². The summed E-state index contributed by atoms with van der Waals surface area (Å²) in [4.78, 5) is 12.2. The number of carbonyl (C=O) groups is 1. The van der Waals surface area contributed by atoms with Crippen molar-refractivity contribution in [3.63, 3.8) is 0 Å². The molecular formula is C16H12ClF4N5O. The van der Waals surface area contributed by atoms with Crippen LogP contribution in [-0.4, -0.2) is 25.5 Å². The van der Waals surface area contributed by atoms with Crippen molar-refractivity contribution >= 4 is 23.3 Å². The van der Waals surface area contributed by atoms with Crippen LogP contribution in [0.25, 0.3) is 0 Å². The molecule has 0 spiro atoms. The van der Waals surface area contributed by atoms with E-state index in [4.69, 9.17) is 11.6 Å². The predicted octanol–water partition coefficient (Wildman–Crippen LogP) is 3.73. The van der Waals surface area contributed by atoms with Gasteiger partial charge in [0.25, 0.3) is 5.91 Å². The monoisotopic (exact) mass is 401 g/mol. The molecule has 0 aliphatic rings. The maximum atomic E-state index is 13.7. The van der Waals surface area contributed by atoms with E-state index in [1.165, 1.54) is 24.0 Å². The summed E-state index contributed by atoms with van der Waals surface area (Å²) in [6, 6.07) is 6.69. The highest BCUT2D eigenvalue weighted by Crippen LogP contribution is 2.29. The first kappa shape index (κ1) is 18.9. The number of alkyl halides is 3. The van der Waals surface area contributed by atoms with Crippen LogP contribution in [-0.2, 0) is 19.8 Å². The molecular weight excluding hydrogens is 390 g/mol. The first-order valence-electron chi connectivity index (χ1n) is 7.54. The van der Waals surface area contributed by atoms with E-state index in [1.54, 1.807) is 18.2 Å². The van der Waals surface area contributed by atoms with Crippen LogP contribution in [0.2, 0.25) is 5.02 Å². The zero-order valence-electron chi connectivity index (χ0n) is 13.8. The number of benzene rings is 1. The van der Waals surface area contributed by atoms with Crippen LogP contribution in [0.3, 0.4) is 0 Å². The van der Waals surface area contributed by atoms with E-state index in [2.05, 4.69) is 15.5 Å². The minimum Gasteiger partial charge on any atom is -0.302 e. The molecule has 2 heterocycles. The standard InChI is InChI=1S/C16H12ClF4N5O/c1-25-12(6-13(23-25)16(19,20)21)15(27)22-14-10(17)8-26(24-14)7-9-4-2-3-5-11(9)18/h2-6,8H,7H2,1H3,(H,22,24,27). The van der Waals surface area contributed by atoms with Crippen LogP contribution < -0.4 is 5.32 Å². The molecule has 0 radical (unpaired) electrons. The van der Waals surface area contributed by atoms with Gasteiger partial charge in [0.05, 0.1) is 6.54 Å². The van der Waals surface area contributed by atoms with Gasteiger partial charge in [-0.15, -0.1) is 0 Å². The molecule has 0 aliphatic heterocycles. The minimum absolute atomic E-state index is 0.0536. The summed E-state index contributed by atoms with van der Waals surface area (Å²) >= 11 is 6.01. The summed E-state index contributed by atoms with van der Waals surface area (Å²) in [5.74, 6) is -1.35. The lowest BCUT2D eigenvalue weighted by Gasteiger charge is -2.04. The van der Waals surface area contributed by atoms with E-state index in [-0.39, 0.29) is 23.1 Å². The largest absolute Gasteiger partial charge is 0.435 e. The van der Waals surface area contributed by atoms with Crippen molar-refractivity contribution in [2.24, 2.45) is 7.05 Å². The van der Waals surface area contributed by atoms with Crippen LogP contribution in [0.4, 0.5) is 23.4 Å². The number of rotatable bonds is 4. The van der Waals surface area contributed by atoms with Gasteiger partial charge < -0.3 is 5.32 Å². The highest BCUT2D eigenvalue weighted by molar-refractivity contribution is 6.33. The fourth-order valence-corrected chi connectivity index (χ4v) is 2.55. The molecule has 27 heavy (non-hydrogen) atoms. The van der Waals surface area contributed by atoms with Gasteiger partial charge in [-0.1, -0.05) is 29.8 Å². The van der Waals surface area contributed by atoms with Crippen molar-refractivity contribution in [3.05, 3.63) is 64.3 Å². The molecule has 11 heteroatoms. The molecule has 1 aromatic carbocycles. The lowest BCUT2D eigenvalue weighted by molar-refractivity contribution is -0.141. The lowest BCUT2D eigenvalue weighted by atomic mass is 10.2. The normalized spacial score (nSPS) is 11.6. The summed E-state index contributed by atoms with van der Waals surface area (Å²) in [6.07, 6.45) is -3.30. The van der Waals surface area contributed by atoms with Crippen molar-refractivity contribution in [2.45, 2.75) is 12.7 Å². The van der Waals surface area contributed by atoms with Gasteiger partial charge in [0, 0.05) is 24.9 Å². The Kier molecular flexibility index (Phi) is 4.92. The van der Waals surface area contributed by atoms with Gasteiger partial charge in [-0.05, 0) is 6.07 Å². The minimum atomic E-state index is -4.67. The molecule has 0 saturated carbocycles. The van der Waals surface area contributed by atoms with Gasteiger partial charge in [-0.3, -0.25) is 14.2 Å². The van der Waals surface area contributed by atoms with E-state index >= 15 is 0 Å². The highest BCUT2D eigenvalue weighted by Gasteiger charge is 2.35. The zero-order valence-corrected chi connectivity index (χ0v) is 14.5. The third kappa shape index (κ3) is 4.11. The van der Waals surface area contributed by atoms with Crippen molar-refractivity contribution in [1.29, 1.82) is 0 Å². The van der Waals surface area contributed by atoms with E-state index in [0.29, 0.717) is 11.6 Å². The van der Waals surface area contributed by atoms with E-state index < -0.39 is 23.6 Å². The molecule has 3 aromatic rings. The summed E-state index contributed by atoms with van der Waals surface area (Å²) in [5.41, 5.74) is -1.15. The molecule has 0 bridgehead atoms. The van der Waals surface area contributed by atoms with Crippen molar-refractivity contribution in [1.82, 2.24) is 19.6 Å². The number of nitrogens with zero attached hydrogens (tertiary/aromatic N) is 4. The molecule has 1 amide bonds. The molecule has 0 fully saturated rings. The Hall–Kier alpha value is -2.88. The third-order valence-corrected chi connectivity index (χ3v) is 3.92. The van der Waals surface area contributed by atoms with E-state index in [1.807, 2.05) is 0 Å². The third-order valence-electron chi connectivity index (χ3n) is 3.64. The zero-order chi connectivity index (χ0) is 19.8. The fourth-order valence-electron chi connectivity index (χ4n) is 2.35. The van der Waals surface area contributed by atoms with Gasteiger partial charge in [-0.2, -0.15) is 23.4 Å². The number of amides is 1. The molecule has 2 aromatic heterocycles. The number of aromatic nitrogens is 4. The van der Waals surface area contributed by atoms with Crippen LogP contribution in [0.15, 0.2) is 36.5 Å². The number of aryl methyl sites for hydroxylation is 1. The molecule has 0 atom stereocenters. The quantitative estimate of drug-likeness (QED) is 0.677. The number of halogens is 5. The van der Waals surface area contributed by atoms with Gasteiger partial charge in [0.2, 0.25) is 0 Å². The van der Waals surface area contributed by atoms with Crippen LogP contribution in [0.5, 0.6) is 0 Å². The molecule has 0 saturated heterocycles. The van der Waals surface area contributed by atoms with Gasteiger partial charge in [0.15, 0.2) is 11.5 Å². The first-order chi connectivity index (χ1) is 12.6. The molecule has 0 aliphatic carbocycles. The van der Waals surface area contributed by atoms with Crippen LogP contribution >= 0.6 is 11.6 Å². The SMILES string of the molecule is Cn1nc(C(F)(F)F)cc1C(=O)Nc1nn(Cc2ccccc2F)cc1Cl.